The standard InChI is InChI=1S/C19H17ClN4OS/c20-18-17-16(6-7-22-18)23-19(26-17)24-10-14(9-21)8-15(11-24)25-12-13-4-2-1-3-5-13/h1-7,14-15H,8,10-12H2. The molecule has 1 aliphatic heterocycles. The van der Waals surface area contributed by atoms with E-state index < -0.39 is 0 Å². The molecule has 0 bridgehead atoms. The first kappa shape index (κ1) is 17.2. The number of rotatable bonds is 4. The molecule has 1 aromatic carbocycles. The molecule has 0 aliphatic carbocycles. The van der Waals surface area contributed by atoms with E-state index in [-0.39, 0.29) is 12.0 Å². The van der Waals surface area contributed by atoms with Crippen LogP contribution in [0.25, 0.3) is 10.2 Å². The highest BCUT2D eigenvalue weighted by molar-refractivity contribution is 7.22. The van der Waals surface area contributed by atoms with Crippen molar-refractivity contribution in [2.45, 2.75) is 19.1 Å². The molecule has 26 heavy (non-hydrogen) atoms. The number of hydrogen-bond acceptors (Lipinski definition) is 6. The van der Waals surface area contributed by atoms with Crippen LogP contribution >= 0.6 is 22.9 Å². The molecule has 132 valence electrons. The van der Waals surface area contributed by atoms with E-state index in [4.69, 9.17) is 16.3 Å². The molecule has 0 N–H and O–H groups in total. The number of anilines is 1. The summed E-state index contributed by atoms with van der Waals surface area (Å²) < 4.78 is 6.98. The van der Waals surface area contributed by atoms with Crippen molar-refractivity contribution in [2.75, 3.05) is 18.0 Å². The lowest BCUT2D eigenvalue weighted by Gasteiger charge is -2.35. The molecule has 1 saturated heterocycles. The molecule has 4 rings (SSSR count). The second-order valence-corrected chi connectivity index (χ2v) is 7.67. The summed E-state index contributed by atoms with van der Waals surface area (Å²) in [4.78, 5) is 10.9. The van der Waals surface area contributed by atoms with Crippen molar-refractivity contribution >= 4 is 38.3 Å². The normalized spacial score (nSPS) is 20.2. The van der Waals surface area contributed by atoms with Crippen molar-refractivity contribution in [3.05, 3.63) is 53.3 Å². The zero-order valence-corrected chi connectivity index (χ0v) is 15.6. The minimum absolute atomic E-state index is 0.00536. The van der Waals surface area contributed by atoms with E-state index in [9.17, 15) is 5.26 Å². The molecule has 3 aromatic rings. The third-order valence-electron chi connectivity index (χ3n) is 4.44. The molecule has 2 atom stereocenters. The van der Waals surface area contributed by atoms with Gasteiger partial charge in [0, 0.05) is 19.3 Å². The lowest BCUT2D eigenvalue weighted by Crippen LogP contribution is -2.44. The van der Waals surface area contributed by atoms with Crippen LogP contribution in [-0.4, -0.2) is 29.2 Å². The van der Waals surface area contributed by atoms with E-state index in [2.05, 4.69) is 20.9 Å². The molecule has 0 saturated carbocycles. The van der Waals surface area contributed by atoms with Crippen LogP contribution in [-0.2, 0) is 11.3 Å². The summed E-state index contributed by atoms with van der Waals surface area (Å²) in [6.07, 6.45) is 2.40. The third-order valence-corrected chi connectivity index (χ3v) is 5.98. The second kappa shape index (κ2) is 7.58. The average molecular weight is 385 g/mol. The van der Waals surface area contributed by atoms with E-state index in [1.807, 2.05) is 36.4 Å². The van der Waals surface area contributed by atoms with Gasteiger partial charge in [-0.05, 0) is 18.1 Å². The van der Waals surface area contributed by atoms with Gasteiger partial charge >= 0.3 is 0 Å². The van der Waals surface area contributed by atoms with E-state index in [1.54, 1.807) is 6.20 Å². The van der Waals surface area contributed by atoms with Gasteiger partial charge in [0.25, 0.3) is 0 Å². The number of benzene rings is 1. The van der Waals surface area contributed by atoms with E-state index in [0.29, 0.717) is 18.3 Å². The molecule has 7 heteroatoms. The highest BCUT2D eigenvalue weighted by atomic mass is 35.5. The van der Waals surface area contributed by atoms with Gasteiger partial charge in [-0.2, -0.15) is 5.26 Å². The minimum atomic E-state index is -0.0786. The predicted octanol–water partition coefficient (Wildman–Crippen LogP) is 4.28. The largest absolute Gasteiger partial charge is 0.372 e. The summed E-state index contributed by atoms with van der Waals surface area (Å²) >= 11 is 7.69. The number of thiazole rings is 1. The highest BCUT2D eigenvalue weighted by Gasteiger charge is 2.29. The van der Waals surface area contributed by atoms with Crippen molar-refractivity contribution in [1.29, 1.82) is 5.26 Å². The molecular formula is C19H17ClN4OS. The molecule has 3 heterocycles. The molecule has 2 unspecified atom stereocenters. The topological polar surface area (TPSA) is 62.0 Å². The van der Waals surface area contributed by atoms with Crippen LogP contribution in [0.15, 0.2) is 42.6 Å². The molecule has 5 nitrogen and oxygen atoms in total. The molecule has 1 fully saturated rings. The van der Waals surface area contributed by atoms with Crippen molar-refractivity contribution in [3.8, 4) is 6.07 Å². The first-order chi connectivity index (χ1) is 12.7. The van der Waals surface area contributed by atoms with Crippen LogP contribution < -0.4 is 4.90 Å². The van der Waals surface area contributed by atoms with Crippen LogP contribution in [0.3, 0.4) is 0 Å². The van der Waals surface area contributed by atoms with Gasteiger partial charge in [0.15, 0.2) is 5.13 Å². The number of hydrogen-bond donors (Lipinski definition) is 0. The second-order valence-electron chi connectivity index (χ2n) is 6.33. The Labute approximate surface area is 160 Å². The summed E-state index contributed by atoms with van der Waals surface area (Å²) in [5.41, 5.74) is 1.97. The number of halogens is 1. The number of nitriles is 1. The minimum Gasteiger partial charge on any atom is -0.372 e. The van der Waals surface area contributed by atoms with Crippen LogP contribution in [0.1, 0.15) is 12.0 Å². The molecular weight excluding hydrogens is 368 g/mol. The first-order valence-corrected chi connectivity index (χ1v) is 9.63. The lowest BCUT2D eigenvalue weighted by atomic mass is 9.97. The van der Waals surface area contributed by atoms with Crippen molar-refractivity contribution < 1.29 is 4.74 Å². The maximum atomic E-state index is 9.46. The maximum absolute atomic E-state index is 9.46. The van der Waals surface area contributed by atoms with Gasteiger partial charge in [0.2, 0.25) is 0 Å². The van der Waals surface area contributed by atoms with Crippen LogP contribution in [0.2, 0.25) is 5.15 Å². The van der Waals surface area contributed by atoms with Gasteiger partial charge < -0.3 is 9.64 Å². The molecule has 0 amide bonds. The molecule has 0 spiro atoms. The summed E-state index contributed by atoms with van der Waals surface area (Å²) in [7, 11) is 0. The van der Waals surface area contributed by atoms with Gasteiger partial charge in [-0.3, -0.25) is 0 Å². The Morgan fingerprint density at radius 3 is 2.88 bits per heavy atom. The van der Waals surface area contributed by atoms with Crippen molar-refractivity contribution in [2.24, 2.45) is 5.92 Å². The van der Waals surface area contributed by atoms with Crippen LogP contribution in [0.5, 0.6) is 0 Å². The van der Waals surface area contributed by atoms with E-state index >= 15 is 0 Å². The predicted molar refractivity (Wildman–Crippen MR) is 103 cm³/mol. The highest BCUT2D eigenvalue weighted by Crippen LogP contribution is 2.34. The SMILES string of the molecule is N#CC1CC(OCc2ccccc2)CN(c2nc3ccnc(Cl)c3s2)C1. The van der Waals surface area contributed by atoms with Gasteiger partial charge in [-0.15, -0.1) is 0 Å². The Morgan fingerprint density at radius 1 is 1.27 bits per heavy atom. The monoisotopic (exact) mass is 384 g/mol. The molecule has 0 radical (unpaired) electrons. The fourth-order valence-corrected chi connectivity index (χ4v) is 4.39. The van der Waals surface area contributed by atoms with Gasteiger partial charge in [-0.25, -0.2) is 9.97 Å². The smallest absolute Gasteiger partial charge is 0.186 e. The maximum Gasteiger partial charge on any atom is 0.186 e. The number of fused-ring (bicyclic) bond motifs is 1. The Kier molecular flexibility index (Phi) is 5.02. The van der Waals surface area contributed by atoms with Crippen molar-refractivity contribution in [3.63, 3.8) is 0 Å². The number of piperidine rings is 1. The molecule has 2 aromatic heterocycles. The Hall–Kier alpha value is -2.20. The lowest BCUT2D eigenvalue weighted by molar-refractivity contribution is 0.0246. The van der Waals surface area contributed by atoms with Gasteiger partial charge in [0.1, 0.15) is 5.15 Å². The van der Waals surface area contributed by atoms with Crippen LogP contribution in [0.4, 0.5) is 5.13 Å². The first-order valence-electron chi connectivity index (χ1n) is 8.44. The Balaban J connectivity index is 1.51. The van der Waals surface area contributed by atoms with Crippen molar-refractivity contribution in [1.82, 2.24) is 9.97 Å². The van der Waals surface area contributed by atoms with Gasteiger partial charge in [0.05, 0.1) is 34.9 Å². The van der Waals surface area contributed by atoms with E-state index in [1.165, 1.54) is 11.3 Å². The number of pyridine rings is 1. The quantitative estimate of drug-likeness (QED) is 0.628. The Bertz CT molecular complexity index is 940. The fourth-order valence-electron chi connectivity index (χ4n) is 3.16. The zero-order valence-electron chi connectivity index (χ0n) is 14.0. The molecule has 1 aliphatic rings. The fraction of sp³-hybridized carbons (Fsp3) is 0.316. The number of aromatic nitrogens is 2. The Morgan fingerprint density at radius 2 is 2.12 bits per heavy atom. The summed E-state index contributed by atoms with van der Waals surface area (Å²) in [6.45, 7) is 1.93. The number of ether oxygens (including phenoxy) is 1. The summed E-state index contributed by atoms with van der Waals surface area (Å²) in [5, 5.41) is 10.8. The third kappa shape index (κ3) is 3.65. The van der Waals surface area contributed by atoms with E-state index in [0.717, 1.165) is 33.9 Å². The summed E-state index contributed by atoms with van der Waals surface area (Å²) in [5.74, 6) is -0.0786. The van der Waals surface area contributed by atoms with Gasteiger partial charge in [-0.1, -0.05) is 53.3 Å². The summed E-state index contributed by atoms with van der Waals surface area (Å²) in [6, 6.07) is 14.3. The zero-order chi connectivity index (χ0) is 17.9. The number of nitrogens with zero attached hydrogens (tertiary/aromatic N) is 4. The van der Waals surface area contributed by atoms with Crippen LogP contribution in [0, 0.1) is 17.2 Å². The average Bonchev–Trinajstić information content (AvgIpc) is 3.13.